The van der Waals surface area contributed by atoms with Gasteiger partial charge in [0.25, 0.3) is 0 Å². The molecule has 4 nitrogen and oxygen atoms in total. The van der Waals surface area contributed by atoms with Crippen molar-refractivity contribution in [3.8, 4) is 0 Å². The van der Waals surface area contributed by atoms with E-state index >= 15 is 0 Å². The molecule has 0 radical (unpaired) electrons. The molecule has 1 aliphatic rings. The SMILES string of the molecule is CCc1cc2ncc(C3(O)CC3)cn2n1. The number of aryl methyl sites for hydroxylation is 1. The van der Waals surface area contributed by atoms with Crippen LogP contribution in [0, 0.1) is 0 Å². The Morgan fingerprint density at radius 3 is 3.00 bits per heavy atom. The number of fused-ring (bicyclic) bond motifs is 1. The molecule has 1 aliphatic carbocycles. The van der Waals surface area contributed by atoms with Crippen molar-refractivity contribution in [3.05, 3.63) is 29.7 Å². The zero-order valence-corrected chi connectivity index (χ0v) is 8.64. The first kappa shape index (κ1) is 8.85. The van der Waals surface area contributed by atoms with Crippen LogP contribution in [0.5, 0.6) is 0 Å². The Bertz CT molecular complexity index is 514. The lowest BCUT2D eigenvalue weighted by Crippen LogP contribution is -2.07. The van der Waals surface area contributed by atoms with Crippen LogP contribution in [0.3, 0.4) is 0 Å². The van der Waals surface area contributed by atoms with Crippen LogP contribution in [0.2, 0.25) is 0 Å². The van der Waals surface area contributed by atoms with Gasteiger partial charge < -0.3 is 5.11 Å². The second kappa shape index (κ2) is 2.79. The van der Waals surface area contributed by atoms with Gasteiger partial charge >= 0.3 is 0 Å². The lowest BCUT2D eigenvalue weighted by atomic mass is 10.2. The maximum Gasteiger partial charge on any atom is 0.155 e. The van der Waals surface area contributed by atoms with E-state index in [0.29, 0.717) is 0 Å². The summed E-state index contributed by atoms with van der Waals surface area (Å²) in [7, 11) is 0. The minimum atomic E-state index is -0.625. The fourth-order valence-electron chi connectivity index (χ4n) is 1.75. The molecule has 78 valence electrons. The van der Waals surface area contributed by atoms with Crippen molar-refractivity contribution < 1.29 is 5.11 Å². The summed E-state index contributed by atoms with van der Waals surface area (Å²) in [5.41, 5.74) is 2.13. The summed E-state index contributed by atoms with van der Waals surface area (Å²) >= 11 is 0. The largest absolute Gasteiger partial charge is 0.385 e. The molecule has 0 unspecified atom stereocenters. The molecule has 0 amide bonds. The van der Waals surface area contributed by atoms with Gasteiger partial charge in [0.15, 0.2) is 5.65 Å². The smallest absolute Gasteiger partial charge is 0.155 e. The molecular weight excluding hydrogens is 190 g/mol. The summed E-state index contributed by atoms with van der Waals surface area (Å²) in [5.74, 6) is 0. The number of hydrogen-bond acceptors (Lipinski definition) is 3. The second-order valence-electron chi connectivity index (χ2n) is 4.17. The number of rotatable bonds is 2. The van der Waals surface area contributed by atoms with Gasteiger partial charge in [0.2, 0.25) is 0 Å². The van der Waals surface area contributed by atoms with Crippen LogP contribution in [0.25, 0.3) is 5.65 Å². The highest BCUT2D eigenvalue weighted by molar-refractivity contribution is 5.40. The molecule has 0 atom stereocenters. The van der Waals surface area contributed by atoms with Crippen molar-refractivity contribution in [2.45, 2.75) is 31.8 Å². The van der Waals surface area contributed by atoms with E-state index in [0.717, 1.165) is 36.2 Å². The van der Waals surface area contributed by atoms with Gasteiger partial charge in [0.1, 0.15) is 0 Å². The Balaban J connectivity index is 2.13. The number of aromatic nitrogens is 3. The van der Waals surface area contributed by atoms with Gasteiger partial charge in [0.05, 0.1) is 11.3 Å². The minimum Gasteiger partial charge on any atom is -0.385 e. The van der Waals surface area contributed by atoms with Gasteiger partial charge in [-0.15, -0.1) is 0 Å². The molecule has 0 saturated heterocycles. The molecule has 2 aromatic heterocycles. The molecule has 0 aliphatic heterocycles. The molecule has 3 rings (SSSR count). The van der Waals surface area contributed by atoms with Gasteiger partial charge in [-0.1, -0.05) is 6.92 Å². The van der Waals surface area contributed by atoms with E-state index in [-0.39, 0.29) is 0 Å². The molecule has 15 heavy (non-hydrogen) atoms. The number of hydrogen-bond donors (Lipinski definition) is 1. The quantitative estimate of drug-likeness (QED) is 0.799. The Morgan fingerprint density at radius 1 is 1.53 bits per heavy atom. The molecule has 1 saturated carbocycles. The summed E-state index contributed by atoms with van der Waals surface area (Å²) in [5, 5.41) is 14.3. The van der Waals surface area contributed by atoms with Crippen LogP contribution in [0.4, 0.5) is 0 Å². The van der Waals surface area contributed by atoms with Gasteiger partial charge in [0, 0.05) is 24.0 Å². The molecule has 0 spiro atoms. The number of nitrogens with zero attached hydrogens (tertiary/aromatic N) is 3. The summed E-state index contributed by atoms with van der Waals surface area (Å²) in [6.45, 7) is 2.07. The highest BCUT2D eigenvalue weighted by Crippen LogP contribution is 2.44. The van der Waals surface area contributed by atoms with Crippen molar-refractivity contribution in [2.24, 2.45) is 0 Å². The van der Waals surface area contributed by atoms with E-state index in [9.17, 15) is 5.11 Å². The highest BCUT2D eigenvalue weighted by atomic mass is 16.3. The van der Waals surface area contributed by atoms with Crippen LogP contribution in [0.1, 0.15) is 31.0 Å². The normalized spacial score (nSPS) is 18.3. The predicted octanol–water partition coefficient (Wildman–Crippen LogP) is 1.27. The average Bonchev–Trinajstić information content (AvgIpc) is 2.86. The summed E-state index contributed by atoms with van der Waals surface area (Å²) in [4.78, 5) is 4.30. The molecule has 0 aromatic carbocycles. The Kier molecular flexibility index (Phi) is 1.65. The summed E-state index contributed by atoms with van der Waals surface area (Å²) in [6.07, 6.45) is 6.21. The fourth-order valence-corrected chi connectivity index (χ4v) is 1.75. The third-order valence-corrected chi connectivity index (χ3v) is 2.99. The van der Waals surface area contributed by atoms with E-state index in [1.165, 1.54) is 0 Å². The van der Waals surface area contributed by atoms with Crippen LogP contribution in [-0.2, 0) is 12.0 Å². The first-order valence-corrected chi connectivity index (χ1v) is 5.28. The monoisotopic (exact) mass is 203 g/mol. The maximum atomic E-state index is 9.94. The van der Waals surface area contributed by atoms with Crippen LogP contribution < -0.4 is 0 Å². The molecule has 4 heteroatoms. The Hall–Kier alpha value is -1.42. The molecule has 1 N–H and O–H groups in total. The van der Waals surface area contributed by atoms with Crippen molar-refractivity contribution in [2.75, 3.05) is 0 Å². The van der Waals surface area contributed by atoms with E-state index in [2.05, 4.69) is 17.0 Å². The molecule has 0 bridgehead atoms. The molecule has 2 heterocycles. The fraction of sp³-hybridized carbons (Fsp3) is 0.455. The zero-order chi connectivity index (χ0) is 10.5. The van der Waals surface area contributed by atoms with Crippen LogP contribution in [-0.4, -0.2) is 19.7 Å². The van der Waals surface area contributed by atoms with Gasteiger partial charge in [-0.2, -0.15) is 5.10 Å². The Morgan fingerprint density at radius 2 is 2.33 bits per heavy atom. The van der Waals surface area contributed by atoms with Crippen LogP contribution in [0.15, 0.2) is 18.5 Å². The van der Waals surface area contributed by atoms with E-state index in [1.807, 2.05) is 12.3 Å². The van der Waals surface area contributed by atoms with E-state index in [1.54, 1.807) is 10.7 Å². The van der Waals surface area contributed by atoms with Gasteiger partial charge in [-0.05, 0) is 19.3 Å². The lowest BCUT2D eigenvalue weighted by molar-refractivity contribution is 0.150. The Labute approximate surface area is 87.6 Å². The third kappa shape index (κ3) is 1.33. The molecule has 2 aromatic rings. The van der Waals surface area contributed by atoms with Gasteiger partial charge in [-0.25, -0.2) is 9.50 Å². The first-order valence-electron chi connectivity index (χ1n) is 5.28. The molecule has 1 fully saturated rings. The van der Waals surface area contributed by atoms with Gasteiger partial charge in [-0.3, -0.25) is 0 Å². The summed E-state index contributed by atoms with van der Waals surface area (Å²) < 4.78 is 1.75. The molecular formula is C11H13N3O. The highest BCUT2D eigenvalue weighted by Gasteiger charge is 2.42. The maximum absolute atomic E-state index is 9.94. The van der Waals surface area contributed by atoms with Crippen molar-refractivity contribution in [1.29, 1.82) is 0 Å². The van der Waals surface area contributed by atoms with Crippen molar-refractivity contribution >= 4 is 5.65 Å². The summed E-state index contributed by atoms with van der Waals surface area (Å²) in [6, 6.07) is 1.97. The zero-order valence-electron chi connectivity index (χ0n) is 8.64. The van der Waals surface area contributed by atoms with Crippen molar-refractivity contribution in [3.63, 3.8) is 0 Å². The first-order chi connectivity index (χ1) is 7.21. The number of aliphatic hydroxyl groups is 1. The average molecular weight is 203 g/mol. The van der Waals surface area contributed by atoms with Crippen LogP contribution >= 0.6 is 0 Å². The topological polar surface area (TPSA) is 50.4 Å². The van der Waals surface area contributed by atoms with Crippen molar-refractivity contribution in [1.82, 2.24) is 14.6 Å². The standard InChI is InChI=1S/C11H13N3O/c1-2-9-5-10-12-6-8(7-14(10)13-9)11(15)3-4-11/h5-7,15H,2-4H2,1H3. The predicted molar refractivity (Wildman–Crippen MR) is 55.5 cm³/mol. The van der Waals surface area contributed by atoms with E-state index in [4.69, 9.17) is 0 Å². The lowest BCUT2D eigenvalue weighted by Gasteiger charge is -2.06. The minimum absolute atomic E-state index is 0.625. The third-order valence-electron chi connectivity index (χ3n) is 2.99. The van der Waals surface area contributed by atoms with E-state index < -0.39 is 5.60 Å². The second-order valence-corrected chi connectivity index (χ2v) is 4.17.